The van der Waals surface area contributed by atoms with E-state index >= 15 is 0 Å². The van der Waals surface area contributed by atoms with Gasteiger partial charge in [-0.05, 0) is 54.8 Å². The van der Waals surface area contributed by atoms with Gasteiger partial charge in [0, 0.05) is 13.1 Å². The van der Waals surface area contributed by atoms with Gasteiger partial charge in [-0.1, -0.05) is 12.1 Å². The van der Waals surface area contributed by atoms with E-state index in [1.807, 2.05) is 0 Å². The Bertz CT molecular complexity index is 953. The molecular formula is C19H20FNO6S. The molecule has 9 heteroatoms. The molecule has 28 heavy (non-hydrogen) atoms. The number of carboxylic acid groups (broad SMARTS) is 1. The highest BCUT2D eigenvalue weighted by Gasteiger charge is 2.38. The predicted octanol–water partition coefficient (Wildman–Crippen LogP) is 1.96. The lowest BCUT2D eigenvalue weighted by molar-refractivity contribution is -0.139. The van der Waals surface area contributed by atoms with Crippen LogP contribution in [0.25, 0.3) is 0 Å². The Balaban J connectivity index is 1.70. The van der Waals surface area contributed by atoms with Gasteiger partial charge < -0.3 is 14.9 Å². The topological polar surface area (TPSA) is 104 Å². The first kappa shape index (κ1) is 20.2. The molecule has 1 fully saturated rings. The zero-order valence-electron chi connectivity index (χ0n) is 14.9. The SMILES string of the molecule is O=C(O)COc1ccc(S(=O)(=O)N2CCC(O)(c3cccc(F)c3)CC2)cc1. The molecule has 0 saturated carbocycles. The Hall–Kier alpha value is -2.49. The van der Waals surface area contributed by atoms with Crippen molar-refractivity contribution < 1.29 is 32.6 Å². The van der Waals surface area contributed by atoms with Crippen molar-refractivity contribution in [3.63, 3.8) is 0 Å². The minimum Gasteiger partial charge on any atom is -0.482 e. The predicted molar refractivity (Wildman–Crippen MR) is 97.9 cm³/mol. The molecule has 0 spiro atoms. The minimum absolute atomic E-state index is 0.0476. The Morgan fingerprint density at radius 3 is 2.36 bits per heavy atom. The second kappa shape index (κ2) is 7.86. The number of aliphatic hydroxyl groups is 1. The maximum atomic E-state index is 13.5. The second-order valence-corrected chi connectivity index (χ2v) is 8.54. The van der Waals surface area contributed by atoms with E-state index in [0.717, 1.165) is 0 Å². The molecule has 2 aromatic rings. The molecule has 0 bridgehead atoms. The van der Waals surface area contributed by atoms with Gasteiger partial charge in [-0.2, -0.15) is 4.31 Å². The lowest BCUT2D eigenvalue weighted by atomic mass is 9.85. The van der Waals surface area contributed by atoms with Crippen LogP contribution in [-0.4, -0.2) is 48.6 Å². The van der Waals surface area contributed by atoms with Crippen molar-refractivity contribution in [1.82, 2.24) is 4.31 Å². The van der Waals surface area contributed by atoms with Crippen molar-refractivity contribution in [2.24, 2.45) is 0 Å². The second-order valence-electron chi connectivity index (χ2n) is 6.60. The van der Waals surface area contributed by atoms with Crippen molar-refractivity contribution >= 4 is 16.0 Å². The van der Waals surface area contributed by atoms with E-state index in [-0.39, 0.29) is 36.6 Å². The summed E-state index contributed by atoms with van der Waals surface area (Å²) in [5.74, 6) is -1.33. The van der Waals surface area contributed by atoms with E-state index in [0.29, 0.717) is 5.56 Å². The molecule has 2 N–H and O–H groups in total. The molecule has 0 amide bonds. The smallest absolute Gasteiger partial charge is 0.341 e. The number of hydrogen-bond donors (Lipinski definition) is 2. The van der Waals surface area contributed by atoms with E-state index in [1.165, 1.54) is 46.8 Å². The highest BCUT2D eigenvalue weighted by Crippen LogP contribution is 2.35. The number of nitrogens with zero attached hydrogens (tertiary/aromatic N) is 1. The van der Waals surface area contributed by atoms with Crippen LogP contribution >= 0.6 is 0 Å². The number of sulfonamides is 1. The van der Waals surface area contributed by atoms with E-state index in [4.69, 9.17) is 9.84 Å². The molecule has 0 radical (unpaired) electrons. The lowest BCUT2D eigenvalue weighted by Gasteiger charge is -2.37. The van der Waals surface area contributed by atoms with Crippen molar-refractivity contribution in [3.05, 3.63) is 59.9 Å². The number of ether oxygens (including phenoxy) is 1. The highest BCUT2D eigenvalue weighted by molar-refractivity contribution is 7.89. The minimum atomic E-state index is -3.77. The highest BCUT2D eigenvalue weighted by atomic mass is 32.2. The maximum absolute atomic E-state index is 13.5. The van der Waals surface area contributed by atoms with E-state index in [9.17, 15) is 22.7 Å². The quantitative estimate of drug-likeness (QED) is 0.756. The van der Waals surface area contributed by atoms with Gasteiger partial charge in [-0.3, -0.25) is 0 Å². The van der Waals surface area contributed by atoms with Gasteiger partial charge in [-0.15, -0.1) is 0 Å². The zero-order chi connectivity index (χ0) is 20.4. The van der Waals surface area contributed by atoms with Crippen molar-refractivity contribution in [3.8, 4) is 5.75 Å². The number of halogens is 1. The standard InChI is InChI=1S/C19H20FNO6S/c20-15-3-1-2-14(12-15)19(24)8-10-21(11-9-19)28(25,26)17-6-4-16(5-7-17)27-13-18(22)23/h1-7,12,24H,8-11,13H2,(H,22,23). The van der Waals surface area contributed by atoms with Crippen LogP contribution in [0.5, 0.6) is 5.75 Å². The normalized spacial score (nSPS) is 17.2. The number of rotatable bonds is 6. The van der Waals surface area contributed by atoms with Crippen LogP contribution in [0.3, 0.4) is 0 Å². The fourth-order valence-electron chi connectivity index (χ4n) is 3.17. The van der Waals surface area contributed by atoms with E-state index in [2.05, 4.69) is 0 Å². The third kappa shape index (κ3) is 4.32. The van der Waals surface area contributed by atoms with E-state index < -0.39 is 34.0 Å². The number of hydrogen-bond acceptors (Lipinski definition) is 5. The summed E-state index contributed by atoms with van der Waals surface area (Å²) < 4.78 is 45.3. The summed E-state index contributed by atoms with van der Waals surface area (Å²) in [4.78, 5) is 10.6. The van der Waals surface area contributed by atoms with E-state index in [1.54, 1.807) is 6.07 Å². The fourth-order valence-corrected chi connectivity index (χ4v) is 4.61. The number of aliphatic carboxylic acids is 1. The molecule has 0 atom stereocenters. The Morgan fingerprint density at radius 1 is 1.14 bits per heavy atom. The Kier molecular flexibility index (Phi) is 5.69. The molecule has 0 unspecified atom stereocenters. The van der Waals surface area contributed by atoms with Crippen LogP contribution < -0.4 is 4.74 Å². The first-order valence-electron chi connectivity index (χ1n) is 8.64. The van der Waals surface area contributed by atoms with Gasteiger partial charge in [0.15, 0.2) is 6.61 Å². The molecule has 1 aliphatic rings. The van der Waals surface area contributed by atoms with Crippen molar-refractivity contribution in [2.75, 3.05) is 19.7 Å². The fraction of sp³-hybridized carbons (Fsp3) is 0.316. The molecule has 1 heterocycles. The van der Waals surface area contributed by atoms with Crippen LogP contribution in [0.2, 0.25) is 0 Å². The molecule has 150 valence electrons. The Labute approximate surface area is 162 Å². The number of carboxylic acids is 1. The molecule has 1 saturated heterocycles. The summed E-state index contributed by atoms with van der Waals surface area (Å²) in [7, 11) is -3.77. The van der Waals surface area contributed by atoms with Gasteiger partial charge in [-0.25, -0.2) is 17.6 Å². The van der Waals surface area contributed by atoms with Gasteiger partial charge >= 0.3 is 5.97 Å². The van der Waals surface area contributed by atoms with Gasteiger partial charge in [0.2, 0.25) is 10.0 Å². The molecular weight excluding hydrogens is 389 g/mol. The van der Waals surface area contributed by atoms with Crippen LogP contribution in [-0.2, 0) is 20.4 Å². The van der Waals surface area contributed by atoms with Crippen LogP contribution in [0.1, 0.15) is 18.4 Å². The van der Waals surface area contributed by atoms with Gasteiger partial charge in [0.05, 0.1) is 10.5 Å². The molecule has 7 nitrogen and oxygen atoms in total. The number of piperidine rings is 1. The van der Waals surface area contributed by atoms with Crippen LogP contribution in [0, 0.1) is 5.82 Å². The summed E-state index contributed by atoms with van der Waals surface area (Å²) in [5, 5.41) is 19.4. The lowest BCUT2D eigenvalue weighted by Crippen LogP contribution is -2.45. The summed E-state index contributed by atoms with van der Waals surface area (Å²) in [5.41, 5.74) is -0.840. The molecule has 3 rings (SSSR count). The molecule has 1 aliphatic heterocycles. The average Bonchev–Trinajstić information content (AvgIpc) is 2.67. The van der Waals surface area contributed by atoms with Crippen molar-refractivity contribution in [2.45, 2.75) is 23.3 Å². The van der Waals surface area contributed by atoms with Crippen molar-refractivity contribution in [1.29, 1.82) is 0 Å². The third-order valence-corrected chi connectivity index (χ3v) is 6.65. The van der Waals surface area contributed by atoms with Gasteiger partial charge in [0.25, 0.3) is 0 Å². The largest absolute Gasteiger partial charge is 0.482 e. The van der Waals surface area contributed by atoms with Crippen LogP contribution in [0.4, 0.5) is 4.39 Å². The summed E-state index contributed by atoms with van der Waals surface area (Å²) >= 11 is 0. The number of benzene rings is 2. The first-order chi connectivity index (χ1) is 13.2. The maximum Gasteiger partial charge on any atom is 0.341 e. The monoisotopic (exact) mass is 409 g/mol. The Morgan fingerprint density at radius 2 is 1.79 bits per heavy atom. The zero-order valence-corrected chi connectivity index (χ0v) is 15.7. The van der Waals surface area contributed by atoms with Gasteiger partial charge in [0.1, 0.15) is 11.6 Å². The summed E-state index contributed by atoms with van der Waals surface area (Å²) in [6.07, 6.45) is 0.297. The third-order valence-electron chi connectivity index (χ3n) is 4.74. The first-order valence-corrected chi connectivity index (χ1v) is 10.1. The average molecular weight is 409 g/mol. The van der Waals surface area contributed by atoms with Crippen LogP contribution in [0.15, 0.2) is 53.4 Å². The molecule has 0 aromatic heterocycles. The summed E-state index contributed by atoms with van der Waals surface area (Å²) in [6.45, 7) is -0.337. The molecule has 2 aromatic carbocycles. The molecule has 0 aliphatic carbocycles. The number of carbonyl (C=O) groups is 1. The summed E-state index contributed by atoms with van der Waals surface area (Å²) in [6, 6.07) is 11.2.